The van der Waals surface area contributed by atoms with E-state index in [1.807, 2.05) is 60.7 Å². The number of nitrogens with one attached hydrogen (secondary N) is 1. The number of fused-ring (bicyclic) bond motifs is 1. The summed E-state index contributed by atoms with van der Waals surface area (Å²) in [4.78, 5) is 42.4. The number of rotatable bonds is 8. The monoisotopic (exact) mass is 485 g/mol. The molecule has 0 bridgehead atoms. The van der Waals surface area contributed by atoms with Gasteiger partial charge in [0.2, 0.25) is 12.7 Å². The molecule has 0 aliphatic carbocycles. The van der Waals surface area contributed by atoms with Crippen molar-refractivity contribution < 1.29 is 23.9 Å². The van der Waals surface area contributed by atoms with Crippen molar-refractivity contribution in [2.45, 2.75) is 25.4 Å². The second kappa shape index (κ2) is 9.73. The predicted molar refractivity (Wildman–Crippen MR) is 132 cm³/mol. The van der Waals surface area contributed by atoms with E-state index in [0.29, 0.717) is 36.6 Å². The number of urea groups is 1. The van der Waals surface area contributed by atoms with E-state index < -0.39 is 17.5 Å². The van der Waals surface area contributed by atoms with Crippen molar-refractivity contribution in [1.29, 1.82) is 0 Å². The number of carbonyl (C=O) groups excluding carboxylic acids is 3. The number of benzene rings is 3. The summed E-state index contributed by atoms with van der Waals surface area (Å²) < 4.78 is 10.8. The maximum atomic E-state index is 13.4. The highest BCUT2D eigenvalue weighted by molar-refractivity contribution is 6.09. The highest BCUT2D eigenvalue weighted by Gasteiger charge is 2.50. The largest absolute Gasteiger partial charge is 0.454 e. The maximum absolute atomic E-state index is 13.4. The Kier molecular flexibility index (Phi) is 6.33. The van der Waals surface area contributed by atoms with Gasteiger partial charge in [0.05, 0.1) is 0 Å². The molecule has 0 saturated carbocycles. The van der Waals surface area contributed by atoms with E-state index in [0.717, 1.165) is 16.0 Å². The standard InChI is InChI=1S/C28H27N3O5/c1-28(22-12-13-23-24(16-22)36-19-35-23)26(33)31(27(34)29-28)18-25(32)30(17-21-10-6-3-7-11-21)15-14-20-8-4-2-5-9-20/h2-13,16H,14-15,17-19H2,1H3,(H,29,34)/t28-/m0/s1. The normalized spacial score (nSPS) is 18.3. The zero-order valence-electron chi connectivity index (χ0n) is 20.0. The molecule has 0 spiro atoms. The zero-order chi connectivity index (χ0) is 25.1. The Morgan fingerprint density at radius 3 is 2.33 bits per heavy atom. The lowest BCUT2D eigenvalue weighted by molar-refractivity contribution is -0.139. The topological polar surface area (TPSA) is 88.2 Å². The van der Waals surface area contributed by atoms with E-state index in [4.69, 9.17) is 9.47 Å². The average molecular weight is 486 g/mol. The number of amides is 4. The summed E-state index contributed by atoms with van der Waals surface area (Å²) in [6.45, 7) is 2.24. The second-order valence-corrected chi connectivity index (χ2v) is 9.05. The molecule has 1 N–H and O–H groups in total. The number of imide groups is 1. The Morgan fingerprint density at radius 1 is 0.944 bits per heavy atom. The highest BCUT2D eigenvalue weighted by atomic mass is 16.7. The molecule has 3 aromatic rings. The van der Waals surface area contributed by atoms with E-state index in [2.05, 4.69) is 5.32 Å². The van der Waals surface area contributed by atoms with Gasteiger partial charge < -0.3 is 19.7 Å². The van der Waals surface area contributed by atoms with Gasteiger partial charge >= 0.3 is 6.03 Å². The van der Waals surface area contributed by atoms with Crippen molar-refractivity contribution in [3.05, 3.63) is 95.6 Å². The van der Waals surface area contributed by atoms with Gasteiger partial charge in [-0.25, -0.2) is 4.79 Å². The van der Waals surface area contributed by atoms with E-state index in [9.17, 15) is 14.4 Å². The van der Waals surface area contributed by atoms with E-state index in [1.165, 1.54) is 0 Å². The van der Waals surface area contributed by atoms with E-state index in [1.54, 1.807) is 30.0 Å². The second-order valence-electron chi connectivity index (χ2n) is 9.05. The highest BCUT2D eigenvalue weighted by Crippen LogP contribution is 2.37. The molecule has 8 nitrogen and oxygen atoms in total. The van der Waals surface area contributed by atoms with Gasteiger partial charge in [-0.05, 0) is 42.2 Å². The number of carbonyl (C=O) groups is 3. The van der Waals surface area contributed by atoms with Crippen molar-refractivity contribution in [2.24, 2.45) is 0 Å². The van der Waals surface area contributed by atoms with Crippen molar-refractivity contribution >= 4 is 17.8 Å². The SMILES string of the molecule is C[C@@]1(c2ccc3c(c2)OCO3)NC(=O)N(CC(=O)N(CCc2ccccc2)Cc2ccccc2)C1=O. The first-order valence-electron chi connectivity index (χ1n) is 11.8. The van der Waals surface area contributed by atoms with Crippen LogP contribution in [0.3, 0.4) is 0 Å². The molecule has 0 aromatic heterocycles. The van der Waals surface area contributed by atoms with Crippen LogP contribution < -0.4 is 14.8 Å². The first-order chi connectivity index (χ1) is 17.4. The lowest BCUT2D eigenvalue weighted by Gasteiger charge is -2.26. The van der Waals surface area contributed by atoms with Crippen LogP contribution in [0.5, 0.6) is 11.5 Å². The van der Waals surface area contributed by atoms with Crippen LogP contribution in [-0.4, -0.2) is 47.5 Å². The first-order valence-corrected chi connectivity index (χ1v) is 11.8. The summed E-state index contributed by atoms with van der Waals surface area (Å²) in [5, 5.41) is 2.76. The van der Waals surface area contributed by atoms with Crippen LogP contribution in [0.2, 0.25) is 0 Å². The number of hydrogen-bond donors (Lipinski definition) is 1. The fourth-order valence-corrected chi connectivity index (χ4v) is 4.48. The minimum Gasteiger partial charge on any atom is -0.454 e. The molecule has 36 heavy (non-hydrogen) atoms. The van der Waals surface area contributed by atoms with Crippen LogP contribution >= 0.6 is 0 Å². The Hall–Kier alpha value is -4.33. The van der Waals surface area contributed by atoms with Crippen molar-refractivity contribution in [3.8, 4) is 11.5 Å². The van der Waals surface area contributed by atoms with Gasteiger partial charge in [0.15, 0.2) is 11.5 Å². The van der Waals surface area contributed by atoms with Gasteiger partial charge in [0.1, 0.15) is 12.1 Å². The van der Waals surface area contributed by atoms with Crippen LogP contribution in [-0.2, 0) is 28.1 Å². The molecule has 1 fully saturated rings. The summed E-state index contributed by atoms with van der Waals surface area (Å²) in [6.07, 6.45) is 0.661. The minimum absolute atomic E-state index is 0.108. The van der Waals surface area contributed by atoms with Gasteiger partial charge in [0, 0.05) is 13.1 Å². The van der Waals surface area contributed by atoms with Crippen molar-refractivity contribution in [3.63, 3.8) is 0 Å². The van der Waals surface area contributed by atoms with Crippen LogP contribution in [0.15, 0.2) is 78.9 Å². The zero-order valence-corrected chi connectivity index (χ0v) is 20.0. The summed E-state index contributed by atoms with van der Waals surface area (Å²) in [5.41, 5.74) is 1.33. The molecule has 4 amide bonds. The van der Waals surface area contributed by atoms with Crippen LogP contribution in [0.4, 0.5) is 4.79 Å². The number of hydrogen-bond acceptors (Lipinski definition) is 5. The van der Waals surface area contributed by atoms with E-state index >= 15 is 0 Å². The van der Waals surface area contributed by atoms with Crippen molar-refractivity contribution in [1.82, 2.24) is 15.1 Å². The lowest BCUT2D eigenvalue weighted by atomic mass is 9.91. The third kappa shape index (κ3) is 4.62. The van der Waals surface area contributed by atoms with Crippen LogP contribution in [0.1, 0.15) is 23.6 Å². The molecule has 0 radical (unpaired) electrons. The van der Waals surface area contributed by atoms with Crippen LogP contribution in [0, 0.1) is 0 Å². The molecular formula is C28H27N3O5. The van der Waals surface area contributed by atoms with Crippen LogP contribution in [0.25, 0.3) is 0 Å². The fraction of sp³-hybridized carbons (Fsp3) is 0.250. The first kappa shape index (κ1) is 23.4. The van der Waals surface area contributed by atoms with Gasteiger partial charge in [-0.3, -0.25) is 14.5 Å². The maximum Gasteiger partial charge on any atom is 0.325 e. The summed E-state index contributed by atoms with van der Waals surface area (Å²) in [7, 11) is 0. The molecule has 1 atom stereocenters. The quantitative estimate of drug-likeness (QED) is 0.494. The lowest BCUT2D eigenvalue weighted by Crippen LogP contribution is -2.44. The number of nitrogens with zero attached hydrogens (tertiary/aromatic N) is 2. The molecule has 2 aliphatic rings. The van der Waals surface area contributed by atoms with Gasteiger partial charge in [-0.1, -0.05) is 66.7 Å². The molecule has 0 unspecified atom stereocenters. The summed E-state index contributed by atoms with van der Waals surface area (Å²) in [5.74, 6) is 0.317. The van der Waals surface area contributed by atoms with Gasteiger partial charge in [0.25, 0.3) is 5.91 Å². The molecule has 3 aromatic carbocycles. The van der Waals surface area contributed by atoms with E-state index in [-0.39, 0.29) is 19.2 Å². The molecule has 184 valence electrons. The Bertz CT molecular complexity index is 1280. The van der Waals surface area contributed by atoms with Gasteiger partial charge in [-0.15, -0.1) is 0 Å². The molecule has 2 heterocycles. The smallest absolute Gasteiger partial charge is 0.325 e. The summed E-state index contributed by atoms with van der Waals surface area (Å²) in [6, 6.07) is 24.1. The minimum atomic E-state index is -1.31. The third-order valence-electron chi connectivity index (χ3n) is 6.60. The molecule has 2 aliphatic heterocycles. The Morgan fingerprint density at radius 2 is 1.61 bits per heavy atom. The average Bonchev–Trinajstić information content (AvgIpc) is 3.46. The Labute approximate surface area is 209 Å². The molecule has 1 saturated heterocycles. The fourth-order valence-electron chi connectivity index (χ4n) is 4.48. The molecular weight excluding hydrogens is 458 g/mol. The number of ether oxygens (including phenoxy) is 2. The van der Waals surface area contributed by atoms with Crippen molar-refractivity contribution in [2.75, 3.05) is 19.9 Å². The predicted octanol–water partition coefficient (Wildman–Crippen LogP) is 3.45. The summed E-state index contributed by atoms with van der Waals surface area (Å²) >= 11 is 0. The van der Waals surface area contributed by atoms with Gasteiger partial charge in [-0.2, -0.15) is 0 Å². The Balaban J connectivity index is 1.33. The third-order valence-corrected chi connectivity index (χ3v) is 6.60. The molecule has 8 heteroatoms. The molecule has 5 rings (SSSR count).